The first-order chi connectivity index (χ1) is 8.41. The smallest absolute Gasteiger partial charge is 0.391 e. The highest BCUT2D eigenvalue weighted by Crippen LogP contribution is 2.38. The average molecular weight is 327 g/mol. The molecule has 1 aliphatic rings. The first-order valence-corrected chi connectivity index (χ1v) is 6.69. The molecular formula is C11H14BrF3N2O. The van der Waals surface area contributed by atoms with E-state index in [0.717, 1.165) is 30.1 Å². The molecule has 0 saturated heterocycles. The highest BCUT2D eigenvalue weighted by atomic mass is 79.9. The van der Waals surface area contributed by atoms with E-state index in [-0.39, 0.29) is 4.47 Å². The molecule has 2 atom stereocenters. The summed E-state index contributed by atoms with van der Waals surface area (Å²) >= 11 is 2.87. The molecule has 2 rings (SSSR count). The minimum Gasteiger partial charge on any atom is -0.391 e. The zero-order chi connectivity index (χ0) is 13.3. The van der Waals surface area contributed by atoms with Crippen LogP contribution in [-0.4, -0.2) is 21.0 Å². The quantitative estimate of drug-likeness (QED) is 0.802. The molecule has 18 heavy (non-hydrogen) atoms. The Balaban J connectivity index is 2.38. The summed E-state index contributed by atoms with van der Waals surface area (Å²) in [5.41, 5.74) is -0.812. The SMILES string of the molecule is OC1CCCCCC1n1ncc(Br)c1C(F)(F)F. The third-order valence-corrected chi connectivity index (χ3v) is 3.86. The highest BCUT2D eigenvalue weighted by Gasteiger charge is 2.40. The number of hydrogen-bond acceptors (Lipinski definition) is 2. The van der Waals surface area contributed by atoms with Crippen molar-refractivity contribution in [2.45, 2.75) is 50.4 Å². The van der Waals surface area contributed by atoms with Gasteiger partial charge in [-0.15, -0.1) is 0 Å². The minimum absolute atomic E-state index is 0.0774. The van der Waals surface area contributed by atoms with Crippen LogP contribution in [0.1, 0.15) is 43.8 Å². The summed E-state index contributed by atoms with van der Waals surface area (Å²) in [7, 11) is 0. The van der Waals surface area contributed by atoms with E-state index in [4.69, 9.17) is 0 Å². The number of nitrogens with zero attached hydrogens (tertiary/aromatic N) is 2. The number of halogens is 4. The van der Waals surface area contributed by atoms with Gasteiger partial charge in [0.25, 0.3) is 0 Å². The van der Waals surface area contributed by atoms with Gasteiger partial charge >= 0.3 is 6.18 Å². The molecule has 1 aromatic rings. The lowest BCUT2D eigenvalue weighted by atomic mass is 10.1. The largest absolute Gasteiger partial charge is 0.434 e. The van der Waals surface area contributed by atoms with E-state index in [1.807, 2.05) is 0 Å². The van der Waals surface area contributed by atoms with Gasteiger partial charge in [0.15, 0.2) is 5.69 Å². The summed E-state index contributed by atoms with van der Waals surface area (Å²) in [4.78, 5) is 0. The molecule has 0 bridgehead atoms. The molecule has 0 radical (unpaired) electrons. The highest BCUT2D eigenvalue weighted by molar-refractivity contribution is 9.10. The summed E-state index contributed by atoms with van der Waals surface area (Å²) in [5, 5.41) is 13.7. The molecule has 2 unspecified atom stereocenters. The fourth-order valence-corrected chi connectivity index (χ4v) is 2.91. The van der Waals surface area contributed by atoms with E-state index in [0.29, 0.717) is 12.8 Å². The van der Waals surface area contributed by atoms with Crippen molar-refractivity contribution in [3.8, 4) is 0 Å². The maximum absolute atomic E-state index is 13.0. The van der Waals surface area contributed by atoms with Crippen LogP contribution in [0, 0.1) is 0 Å². The van der Waals surface area contributed by atoms with Gasteiger partial charge in [-0.2, -0.15) is 18.3 Å². The van der Waals surface area contributed by atoms with Gasteiger partial charge in [0, 0.05) is 0 Å². The number of aliphatic hydroxyl groups excluding tert-OH is 1. The monoisotopic (exact) mass is 326 g/mol. The van der Waals surface area contributed by atoms with E-state index < -0.39 is 24.0 Å². The first-order valence-electron chi connectivity index (χ1n) is 5.89. The minimum atomic E-state index is -4.47. The molecular weight excluding hydrogens is 313 g/mol. The zero-order valence-corrected chi connectivity index (χ0v) is 11.2. The first kappa shape index (κ1) is 13.9. The zero-order valence-electron chi connectivity index (χ0n) is 9.62. The van der Waals surface area contributed by atoms with Gasteiger partial charge in [0.2, 0.25) is 0 Å². The van der Waals surface area contributed by atoms with E-state index in [1.54, 1.807) is 0 Å². The Bertz CT molecular complexity index is 419. The van der Waals surface area contributed by atoms with Gasteiger partial charge in [-0.1, -0.05) is 19.3 Å². The predicted molar refractivity (Wildman–Crippen MR) is 63.1 cm³/mol. The molecule has 1 N–H and O–H groups in total. The van der Waals surface area contributed by atoms with Crippen molar-refractivity contribution in [3.63, 3.8) is 0 Å². The van der Waals surface area contributed by atoms with Gasteiger partial charge in [0.05, 0.1) is 22.8 Å². The number of aromatic nitrogens is 2. The van der Waals surface area contributed by atoms with Crippen LogP contribution in [-0.2, 0) is 6.18 Å². The lowest BCUT2D eigenvalue weighted by Gasteiger charge is -2.23. The van der Waals surface area contributed by atoms with Crippen LogP contribution in [0.5, 0.6) is 0 Å². The molecule has 7 heteroatoms. The molecule has 1 heterocycles. The molecule has 1 saturated carbocycles. The van der Waals surface area contributed by atoms with Crippen molar-refractivity contribution >= 4 is 15.9 Å². The average Bonchev–Trinajstić information content (AvgIpc) is 2.51. The fourth-order valence-electron chi connectivity index (χ4n) is 2.41. The maximum Gasteiger partial charge on any atom is 0.434 e. The molecule has 0 amide bonds. The van der Waals surface area contributed by atoms with Crippen molar-refractivity contribution < 1.29 is 18.3 Å². The summed E-state index contributed by atoms with van der Waals surface area (Å²) in [6.45, 7) is 0. The van der Waals surface area contributed by atoms with Crippen molar-refractivity contribution in [1.29, 1.82) is 0 Å². The summed E-state index contributed by atoms with van der Waals surface area (Å²) in [6, 6.07) is -0.588. The molecule has 1 aromatic heterocycles. The van der Waals surface area contributed by atoms with Crippen molar-refractivity contribution in [3.05, 3.63) is 16.4 Å². The summed E-state index contributed by atoms with van der Waals surface area (Å²) < 4.78 is 39.7. The Morgan fingerprint density at radius 2 is 1.94 bits per heavy atom. The van der Waals surface area contributed by atoms with Crippen molar-refractivity contribution in [2.75, 3.05) is 0 Å². The van der Waals surface area contributed by atoms with Gasteiger partial charge < -0.3 is 5.11 Å². The number of rotatable bonds is 1. The number of aliphatic hydroxyl groups is 1. The van der Waals surface area contributed by atoms with Crippen LogP contribution in [0.4, 0.5) is 13.2 Å². The van der Waals surface area contributed by atoms with Crippen LogP contribution in [0.2, 0.25) is 0 Å². The van der Waals surface area contributed by atoms with E-state index in [1.165, 1.54) is 0 Å². The lowest BCUT2D eigenvalue weighted by Crippen LogP contribution is -2.28. The third-order valence-electron chi connectivity index (χ3n) is 3.28. The van der Waals surface area contributed by atoms with Crippen LogP contribution >= 0.6 is 15.9 Å². The molecule has 102 valence electrons. The number of alkyl halides is 3. The predicted octanol–water partition coefficient (Wildman–Crippen LogP) is 3.53. The van der Waals surface area contributed by atoms with Crippen LogP contribution in [0.15, 0.2) is 10.7 Å². The Labute approximate surface area is 111 Å². The molecule has 0 aromatic carbocycles. The van der Waals surface area contributed by atoms with Gasteiger partial charge in [-0.25, -0.2) is 0 Å². The molecule has 0 spiro atoms. The molecule has 1 fully saturated rings. The Kier molecular flexibility index (Phi) is 4.01. The van der Waals surface area contributed by atoms with Crippen LogP contribution < -0.4 is 0 Å². The lowest BCUT2D eigenvalue weighted by molar-refractivity contribution is -0.146. The van der Waals surface area contributed by atoms with E-state index in [9.17, 15) is 18.3 Å². The third kappa shape index (κ3) is 2.71. The van der Waals surface area contributed by atoms with Crippen LogP contribution in [0.25, 0.3) is 0 Å². The molecule has 0 aliphatic heterocycles. The van der Waals surface area contributed by atoms with Crippen molar-refractivity contribution in [1.82, 2.24) is 9.78 Å². The van der Waals surface area contributed by atoms with Gasteiger partial charge in [0.1, 0.15) is 0 Å². The van der Waals surface area contributed by atoms with E-state index >= 15 is 0 Å². The molecule has 3 nitrogen and oxygen atoms in total. The second-order valence-corrected chi connectivity index (χ2v) is 5.41. The van der Waals surface area contributed by atoms with Crippen molar-refractivity contribution in [2.24, 2.45) is 0 Å². The maximum atomic E-state index is 13.0. The van der Waals surface area contributed by atoms with Gasteiger partial charge in [-0.05, 0) is 28.8 Å². The summed E-state index contributed by atoms with van der Waals surface area (Å²) in [5.74, 6) is 0. The number of hydrogen-bond donors (Lipinski definition) is 1. The standard InChI is InChI=1S/C11H14BrF3N2O/c12-7-6-16-17(10(7)11(13,14)15)8-4-2-1-3-5-9(8)18/h6,8-9,18H,1-5H2. The Hall–Kier alpha value is -0.560. The van der Waals surface area contributed by atoms with E-state index in [2.05, 4.69) is 21.0 Å². The Morgan fingerprint density at radius 3 is 2.61 bits per heavy atom. The summed E-state index contributed by atoms with van der Waals surface area (Å²) in [6.07, 6.45) is -0.435. The topological polar surface area (TPSA) is 38.0 Å². The Morgan fingerprint density at radius 1 is 1.28 bits per heavy atom. The molecule has 1 aliphatic carbocycles. The normalized spacial score (nSPS) is 26.1. The second-order valence-electron chi connectivity index (χ2n) is 4.56. The fraction of sp³-hybridized carbons (Fsp3) is 0.727. The van der Waals surface area contributed by atoms with Gasteiger partial charge in [-0.3, -0.25) is 4.68 Å². The van der Waals surface area contributed by atoms with Crippen LogP contribution in [0.3, 0.4) is 0 Å². The second kappa shape index (κ2) is 5.21.